The summed E-state index contributed by atoms with van der Waals surface area (Å²) in [5.41, 5.74) is 3.25. The first-order valence-electron chi connectivity index (χ1n) is 6.30. The first-order chi connectivity index (χ1) is 9.19. The third-order valence-corrected chi connectivity index (χ3v) is 4.49. The molecule has 98 valence electrons. The monoisotopic (exact) mass is 274 g/mol. The lowest BCUT2D eigenvalue weighted by molar-refractivity contribution is 0.176. The summed E-state index contributed by atoms with van der Waals surface area (Å²) in [6.45, 7) is 0. The highest BCUT2D eigenvalue weighted by atomic mass is 32.2. The maximum atomic E-state index is 13.0. The van der Waals surface area contributed by atoms with E-state index in [4.69, 9.17) is 0 Å². The molecule has 0 aliphatic heterocycles. The van der Waals surface area contributed by atoms with E-state index in [1.165, 1.54) is 22.6 Å². The van der Waals surface area contributed by atoms with Crippen LogP contribution in [0.2, 0.25) is 0 Å². The molecule has 2 aromatic carbocycles. The molecule has 1 aliphatic carbocycles. The summed E-state index contributed by atoms with van der Waals surface area (Å²) in [4.78, 5) is 1.19. The molecule has 1 nitrogen and oxygen atoms in total. The number of hydrogen-bond donors (Lipinski definition) is 1. The minimum Gasteiger partial charge on any atom is -0.388 e. The summed E-state index contributed by atoms with van der Waals surface area (Å²) in [5.74, 6) is -0.0573. The van der Waals surface area contributed by atoms with Gasteiger partial charge in [-0.3, -0.25) is 0 Å². The molecule has 1 N–H and O–H groups in total. The van der Waals surface area contributed by atoms with Gasteiger partial charge in [0.05, 0.1) is 6.10 Å². The maximum absolute atomic E-state index is 13.0. The van der Waals surface area contributed by atoms with Gasteiger partial charge in [0.1, 0.15) is 5.82 Å². The highest BCUT2D eigenvalue weighted by molar-refractivity contribution is 7.98. The zero-order chi connectivity index (χ0) is 13.4. The molecule has 0 radical (unpaired) electrons. The third-order valence-electron chi connectivity index (χ3n) is 3.76. The second-order valence-corrected chi connectivity index (χ2v) is 5.73. The zero-order valence-corrected chi connectivity index (χ0v) is 11.5. The van der Waals surface area contributed by atoms with Crippen molar-refractivity contribution in [2.75, 3.05) is 6.26 Å². The quantitative estimate of drug-likeness (QED) is 0.831. The Bertz CT molecular complexity index is 594. The molecule has 19 heavy (non-hydrogen) atoms. The van der Waals surface area contributed by atoms with Crippen molar-refractivity contribution >= 4 is 11.8 Å². The molecular weight excluding hydrogens is 259 g/mol. The SMILES string of the molecule is CSc1ccc2c(c1)C(c1ccc(F)cc1)CC2O. The fourth-order valence-electron chi connectivity index (χ4n) is 2.77. The van der Waals surface area contributed by atoms with Crippen LogP contribution in [0.25, 0.3) is 0 Å². The van der Waals surface area contributed by atoms with E-state index in [0.29, 0.717) is 6.42 Å². The van der Waals surface area contributed by atoms with Crippen LogP contribution in [-0.2, 0) is 0 Å². The van der Waals surface area contributed by atoms with E-state index in [-0.39, 0.29) is 11.7 Å². The number of rotatable bonds is 2. The minimum atomic E-state index is -0.416. The predicted molar refractivity (Wildman–Crippen MR) is 76.0 cm³/mol. The summed E-state index contributed by atoms with van der Waals surface area (Å²) in [6, 6.07) is 12.8. The summed E-state index contributed by atoms with van der Waals surface area (Å²) in [6.07, 6.45) is 2.31. The average Bonchev–Trinajstić information content (AvgIpc) is 2.76. The number of benzene rings is 2. The van der Waals surface area contributed by atoms with Crippen LogP contribution in [0.1, 0.15) is 35.1 Å². The topological polar surface area (TPSA) is 20.2 Å². The maximum Gasteiger partial charge on any atom is 0.123 e. The molecule has 3 heteroatoms. The highest BCUT2D eigenvalue weighted by Gasteiger charge is 2.30. The Hall–Kier alpha value is -1.32. The van der Waals surface area contributed by atoms with Gasteiger partial charge in [-0.25, -0.2) is 4.39 Å². The highest BCUT2D eigenvalue weighted by Crippen LogP contribution is 2.45. The van der Waals surface area contributed by atoms with Crippen LogP contribution < -0.4 is 0 Å². The Morgan fingerprint density at radius 3 is 2.53 bits per heavy atom. The number of aliphatic hydroxyl groups excluding tert-OH is 1. The Kier molecular flexibility index (Phi) is 3.33. The van der Waals surface area contributed by atoms with Crippen LogP contribution in [0.4, 0.5) is 4.39 Å². The predicted octanol–water partition coefficient (Wildman–Crippen LogP) is 4.12. The van der Waals surface area contributed by atoms with Gasteiger partial charge < -0.3 is 5.11 Å². The largest absolute Gasteiger partial charge is 0.388 e. The van der Waals surface area contributed by atoms with Crippen molar-refractivity contribution < 1.29 is 9.50 Å². The summed E-state index contributed by atoms with van der Waals surface area (Å²) in [5, 5.41) is 10.2. The molecule has 2 unspecified atom stereocenters. The van der Waals surface area contributed by atoms with Crippen molar-refractivity contribution in [3.05, 3.63) is 65.0 Å². The van der Waals surface area contributed by atoms with Crippen LogP contribution in [0.5, 0.6) is 0 Å². The Balaban J connectivity index is 2.04. The smallest absolute Gasteiger partial charge is 0.123 e. The average molecular weight is 274 g/mol. The van der Waals surface area contributed by atoms with Crippen molar-refractivity contribution in [3.8, 4) is 0 Å². The van der Waals surface area contributed by atoms with Gasteiger partial charge in [0.15, 0.2) is 0 Å². The third kappa shape index (κ3) is 2.28. The van der Waals surface area contributed by atoms with Gasteiger partial charge in [-0.2, -0.15) is 0 Å². The molecule has 0 amide bonds. The van der Waals surface area contributed by atoms with Gasteiger partial charge in [0.2, 0.25) is 0 Å². The molecule has 3 rings (SSSR count). The molecule has 0 heterocycles. The Morgan fingerprint density at radius 2 is 1.84 bits per heavy atom. The van der Waals surface area contributed by atoms with Gasteiger partial charge in [-0.15, -0.1) is 11.8 Å². The van der Waals surface area contributed by atoms with Gasteiger partial charge in [0, 0.05) is 10.8 Å². The second-order valence-electron chi connectivity index (χ2n) is 4.85. The van der Waals surface area contributed by atoms with Gasteiger partial charge in [0.25, 0.3) is 0 Å². The number of halogens is 1. The standard InChI is InChI=1S/C16H15FOS/c1-19-12-6-7-13-15(8-12)14(9-16(13)18)10-2-4-11(17)5-3-10/h2-8,14,16,18H,9H2,1H3. The first kappa shape index (κ1) is 12.7. The van der Waals surface area contributed by atoms with Crippen LogP contribution in [-0.4, -0.2) is 11.4 Å². The lowest BCUT2D eigenvalue weighted by Crippen LogP contribution is -1.96. The van der Waals surface area contributed by atoms with E-state index in [2.05, 4.69) is 6.07 Å². The molecule has 0 fully saturated rings. The molecule has 0 bridgehead atoms. The fraction of sp³-hybridized carbons (Fsp3) is 0.250. The van der Waals surface area contributed by atoms with Crippen LogP contribution in [0, 0.1) is 5.82 Å². The van der Waals surface area contributed by atoms with Crippen molar-refractivity contribution in [2.45, 2.75) is 23.3 Å². The zero-order valence-electron chi connectivity index (χ0n) is 10.6. The second kappa shape index (κ2) is 4.99. The number of fused-ring (bicyclic) bond motifs is 1. The van der Waals surface area contributed by atoms with E-state index in [1.54, 1.807) is 11.8 Å². The van der Waals surface area contributed by atoms with Crippen LogP contribution in [0.3, 0.4) is 0 Å². The molecule has 2 atom stereocenters. The van der Waals surface area contributed by atoms with Crippen molar-refractivity contribution in [2.24, 2.45) is 0 Å². The molecule has 0 aromatic heterocycles. The Morgan fingerprint density at radius 1 is 1.11 bits per heavy atom. The molecule has 2 aromatic rings. The molecule has 0 spiro atoms. The van der Waals surface area contributed by atoms with Crippen molar-refractivity contribution in [1.82, 2.24) is 0 Å². The molecule has 0 saturated heterocycles. The fourth-order valence-corrected chi connectivity index (χ4v) is 3.22. The summed E-state index contributed by atoms with van der Waals surface area (Å²) >= 11 is 1.69. The minimum absolute atomic E-state index is 0.165. The molecule has 0 saturated carbocycles. The molecular formula is C16H15FOS. The van der Waals surface area contributed by atoms with Crippen molar-refractivity contribution in [1.29, 1.82) is 0 Å². The molecule has 1 aliphatic rings. The first-order valence-corrected chi connectivity index (χ1v) is 7.53. The van der Waals surface area contributed by atoms with E-state index in [9.17, 15) is 9.50 Å². The van der Waals surface area contributed by atoms with E-state index in [0.717, 1.165) is 11.1 Å². The summed E-state index contributed by atoms with van der Waals surface area (Å²) < 4.78 is 13.0. The number of hydrogen-bond acceptors (Lipinski definition) is 2. The Labute approximate surface area is 116 Å². The van der Waals surface area contributed by atoms with E-state index >= 15 is 0 Å². The number of aliphatic hydroxyl groups is 1. The lowest BCUT2D eigenvalue weighted by Gasteiger charge is -2.12. The van der Waals surface area contributed by atoms with Crippen LogP contribution >= 0.6 is 11.8 Å². The van der Waals surface area contributed by atoms with E-state index in [1.807, 2.05) is 30.5 Å². The van der Waals surface area contributed by atoms with Gasteiger partial charge in [-0.05, 0) is 53.6 Å². The van der Waals surface area contributed by atoms with E-state index < -0.39 is 6.10 Å². The summed E-state index contributed by atoms with van der Waals surface area (Å²) in [7, 11) is 0. The van der Waals surface area contributed by atoms with Gasteiger partial charge in [-0.1, -0.05) is 18.2 Å². The normalized spacial score (nSPS) is 21.4. The number of thioether (sulfide) groups is 1. The lowest BCUT2D eigenvalue weighted by atomic mass is 9.93. The van der Waals surface area contributed by atoms with Crippen molar-refractivity contribution in [3.63, 3.8) is 0 Å². The van der Waals surface area contributed by atoms with Gasteiger partial charge >= 0.3 is 0 Å². The van der Waals surface area contributed by atoms with Crippen LogP contribution in [0.15, 0.2) is 47.4 Å².